The van der Waals surface area contributed by atoms with Crippen molar-refractivity contribution in [3.05, 3.63) is 65.7 Å². The fourth-order valence-electron chi connectivity index (χ4n) is 2.20. The molecule has 0 heterocycles. The molecule has 3 nitrogen and oxygen atoms in total. The molecule has 0 saturated carbocycles. The van der Waals surface area contributed by atoms with Gasteiger partial charge in [0.1, 0.15) is 18.5 Å². The van der Waals surface area contributed by atoms with Crippen molar-refractivity contribution in [1.82, 2.24) is 0 Å². The average molecular weight is 286 g/mol. The first-order valence-corrected chi connectivity index (χ1v) is 7.34. The van der Waals surface area contributed by atoms with Crippen molar-refractivity contribution in [2.24, 2.45) is 0 Å². The molecular formula is C18H22O3. The lowest BCUT2D eigenvalue weighted by Gasteiger charge is -2.15. The fraction of sp³-hybridized carbons (Fsp3) is 0.333. The molecule has 112 valence electrons. The van der Waals surface area contributed by atoms with Gasteiger partial charge >= 0.3 is 0 Å². The van der Waals surface area contributed by atoms with Gasteiger partial charge in [0.05, 0.1) is 6.10 Å². The Kier molecular flexibility index (Phi) is 5.78. The maximum atomic E-state index is 10.1. The van der Waals surface area contributed by atoms with Gasteiger partial charge in [-0.05, 0) is 29.7 Å². The molecule has 0 aliphatic carbocycles. The van der Waals surface area contributed by atoms with Crippen LogP contribution in [0.3, 0.4) is 0 Å². The van der Waals surface area contributed by atoms with Gasteiger partial charge in [0.15, 0.2) is 0 Å². The molecular weight excluding hydrogens is 264 g/mol. The van der Waals surface area contributed by atoms with Crippen LogP contribution in [0.4, 0.5) is 0 Å². The highest BCUT2D eigenvalue weighted by atomic mass is 16.5. The number of hydrogen-bond acceptors (Lipinski definition) is 3. The summed E-state index contributed by atoms with van der Waals surface area (Å²) in [5, 5.41) is 20.1. The lowest BCUT2D eigenvalue weighted by molar-refractivity contribution is 0.108. The van der Waals surface area contributed by atoms with Gasteiger partial charge in [0, 0.05) is 0 Å². The molecule has 0 saturated heterocycles. The fourth-order valence-corrected chi connectivity index (χ4v) is 2.20. The molecule has 0 aromatic heterocycles. The van der Waals surface area contributed by atoms with E-state index in [1.807, 2.05) is 61.5 Å². The highest BCUT2D eigenvalue weighted by molar-refractivity contribution is 5.30. The molecule has 0 aliphatic heterocycles. The Hall–Kier alpha value is -1.84. The molecule has 0 fully saturated rings. The first kappa shape index (κ1) is 15.5. The molecule has 2 rings (SSSR count). The Morgan fingerprint density at radius 3 is 2.33 bits per heavy atom. The summed E-state index contributed by atoms with van der Waals surface area (Å²) in [6.45, 7) is 2.23. The Labute approximate surface area is 125 Å². The monoisotopic (exact) mass is 286 g/mol. The Balaban J connectivity index is 1.95. The summed E-state index contributed by atoms with van der Waals surface area (Å²) in [5.74, 6) is 0.664. The van der Waals surface area contributed by atoms with E-state index in [-0.39, 0.29) is 6.61 Å². The van der Waals surface area contributed by atoms with Crippen LogP contribution in [-0.4, -0.2) is 16.8 Å². The predicted octanol–water partition coefficient (Wildman–Crippen LogP) is 3.63. The van der Waals surface area contributed by atoms with E-state index in [2.05, 4.69) is 0 Å². The quantitative estimate of drug-likeness (QED) is 0.817. The molecule has 2 N–H and O–H groups in total. The van der Waals surface area contributed by atoms with E-state index in [1.54, 1.807) is 0 Å². The van der Waals surface area contributed by atoms with Crippen molar-refractivity contribution in [3.8, 4) is 5.75 Å². The third kappa shape index (κ3) is 4.59. The summed E-state index contributed by atoms with van der Waals surface area (Å²) in [7, 11) is 0. The van der Waals surface area contributed by atoms with Crippen molar-refractivity contribution in [2.75, 3.05) is 6.61 Å². The van der Waals surface area contributed by atoms with Crippen LogP contribution >= 0.6 is 0 Å². The average Bonchev–Trinajstić information content (AvgIpc) is 2.54. The lowest BCUT2D eigenvalue weighted by atomic mass is 10.1. The zero-order valence-corrected chi connectivity index (χ0v) is 12.3. The molecule has 2 atom stereocenters. The SMILES string of the molecule is CCCC(O)c1cccc(OCC(O)c2ccccc2)c1. The lowest BCUT2D eigenvalue weighted by Crippen LogP contribution is -2.09. The van der Waals surface area contributed by atoms with Crippen LogP contribution in [0.1, 0.15) is 43.1 Å². The molecule has 0 amide bonds. The minimum absolute atomic E-state index is 0.192. The molecule has 0 aliphatic rings. The normalized spacial score (nSPS) is 13.7. The summed E-state index contributed by atoms with van der Waals surface area (Å²) in [6, 6.07) is 16.8. The molecule has 0 spiro atoms. The van der Waals surface area contributed by atoms with E-state index in [0.29, 0.717) is 5.75 Å². The van der Waals surface area contributed by atoms with Gasteiger partial charge in [-0.1, -0.05) is 55.8 Å². The van der Waals surface area contributed by atoms with Gasteiger partial charge in [-0.3, -0.25) is 0 Å². The maximum absolute atomic E-state index is 10.1. The molecule has 2 aromatic rings. The number of ether oxygens (including phenoxy) is 1. The van der Waals surface area contributed by atoms with Crippen LogP contribution in [0.2, 0.25) is 0 Å². The first-order chi connectivity index (χ1) is 10.2. The van der Waals surface area contributed by atoms with Crippen LogP contribution in [-0.2, 0) is 0 Å². The zero-order chi connectivity index (χ0) is 15.1. The zero-order valence-electron chi connectivity index (χ0n) is 12.3. The standard InChI is InChI=1S/C18H22O3/c1-2-7-17(19)15-10-6-11-16(12-15)21-13-18(20)14-8-4-3-5-9-14/h3-6,8-12,17-20H,2,7,13H2,1H3. The Morgan fingerprint density at radius 2 is 1.62 bits per heavy atom. The van der Waals surface area contributed by atoms with Gasteiger partial charge < -0.3 is 14.9 Å². The Bertz CT molecular complexity index is 539. The second-order valence-corrected chi connectivity index (χ2v) is 5.11. The third-order valence-electron chi connectivity index (χ3n) is 3.40. The molecule has 0 radical (unpaired) electrons. The summed E-state index contributed by atoms with van der Waals surface area (Å²) in [5.41, 5.74) is 1.68. The van der Waals surface area contributed by atoms with E-state index < -0.39 is 12.2 Å². The van der Waals surface area contributed by atoms with Gasteiger partial charge in [0.25, 0.3) is 0 Å². The van der Waals surface area contributed by atoms with Crippen LogP contribution in [0, 0.1) is 0 Å². The van der Waals surface area contributed by atoms with Crippen LogP contribution in [0.25, 0.3) is 0 Å². The molecule has 21 heavy (non-hydrogen) atoms. The third-order valence-corrected chi connectivity index (χ3v) is 3.40. The smallest absolute Gasteiger partial charge is 0.119 e. The summed E-state index contributed by atoms with van der Waals surface area (Å²) in [4.78, 5) is 0. The summed E-state index contributed by atoms with van der Waals surface area (Å²) in [6.07, 6.45) is 0.544. The van der Waals surface area contributed by atoms with E-state index in [0.717, 1.165) is 24.0 Å². The van der Waals surface area contributed by atoms with Gasteiger partial charge in [-0.25, -0.2) is 0 Å². The minimum atomic E-state index is -0.657. The number of benzene rings is 2. The molecule has 2 unspecified atom stereocenters. The summed E-state index contributed by atoms with van der Waals surface area (Å²) < 4.78 is 5.63. The van der Waals surface area contributed by atoms with Crippen molar-refractivity contribution in [2.45, 2.75) is 32.0 Å². The highest BCUT2D eigenvalue weighted by Crippen LogP contribution is 2.23. The topological polar surface area (TPSA) is 49.7 Å². The summed E-state index contributed by atoms with van der Waals surface area (Å²) >= 11 is 0. The van der Waals surface area contributed by atoms with E-state index in [4.69, 9.17) is 4.74 Å². The second kappa shape index (κ2) is 7.81. The van der Waals surface area contributed by atoms with Crippen LogP contribution in [0.15, 0.2) is 54.6 Å². The highest BCUT2D eigenvalue weighted by Gasteiger charge is 2.10. The van der Waals surface area contributed by atoms with Gasteiger partial charge in [-0.15, -0.1) is 0 Å². The second-order valence-electron chi connectivity index (χ2n) is 5.11. The van der Waals surface area contributed by atoms with E-state index in [1.165, 1.54) is 0 Å². The van der Waals surface area contributed by atoms with Crippen molar-refractivity contribution < 1.29 is 14.9 Å². The number of rotatable bonds is 7. The van der Waals surface area contributed by atoms with Crippen molar-refractivity contribution >= 4 is 0 Å². The van der Waals surface area contributed by atoms with Crippen LogP contribution in [0.5, 0.6) is 5.75 Å². The largest absolute Gasteiger partial charge is 0.491 e. The van der Waals surface area contributed by atoms with Crippen molar-refractivity contribution in [3.63, 3.8) is 0 Å². The number of aliphatic hydroxyl groups excluding tert-OH is 2. The number of aliphatic hydroxyl groups is 2. The molecule has 2 aromatic carbocycles. The maximum Gasteiger partial charge on any atom is 0.119 e. The van der Waals surface area contributed by atoms with Gasteiger partial charge in [-0.2, -0.15) is 0 Å². The van der Waals surface area contributed by atoms with E-state index in [9.17, 15) is 10.2 Å². The van der Waals surface area contributed by atoms with Gasteiger partial charge in [0.2, 0.25) is 0 Å². The predicted molar refractivity (Wildman–Crippen MR) is 83.2 cm³/mol. The minimum Gasteiger partial charge on any atom is -0.491 e. The molecule has 0 bridgehead atoms. The first-order valence-electron chi connectivity index (χ1n) is 7.34. The van der Waals surface area contributed by atoms with Crippen LogP contribution < -0.4 is 4.74 Å². The number of hydrogen-bond donors (Lipinski definition) is 2. The van der Waals surface area contributed by atoms with E-state index >= 15 is 0 Å². The van der Waals surface area contributed by atoms with Crippen molar-refractivity contribution in [1.29, 1.82) is 0 Å². The molecule has 3 heteroatoms. The Morgan fingerprint density at radius 1 is 0.905 bits per heavy atom.